The fraction of sp³-hybridized carbons (Fsp3) is 0.286. The fourth-order valence-corrected chi connectivity index (χ4v) is 2.13. The average molecular weight is 389 g/mol. The summed E-state index contributed by atoms with van der Waals surface area (Å²) in [6.07, 6.45) is 1.66. The lowest BCUT2D eigenvalue weighted by molar-refractivity contribution is -0.143. The van der Waals surface area contributed by atoms with Crippen molar-refractivity contribution >= 4 is 34.5 Å². The van der Waals surface area contributed by atoms with Crippen molar-refractivity contribution in [2.75, 3.05) is 13.2 Å². The van der Waals surface area contributed by atoms with Crippen LogP contribution in [0.15, 0.2) is 36.9 Å². The molecule has 0 heterocycles. The highest BCUT2D eigenvalue weighted by Gasteiger charge is 2.20. The molecule has 0 spiro atoms. The Balaban J connectivity index is 2.53. The Morgan fingerprint density at radius 3 is 2.85 bits per heavy atom. The number of carbonyl (C=O) groups excluding carboxylic acids is 1. The number of carbonyl (C=O) groups is 2. The summed E-state index contributed by atoms with van der Waals surface area (Å²) in [5.74, 6) is -1.47. The van der Waals surface area contributed by atoms with Gasteiger partial charge in [-0.05, 0) is 40.3 Å². The van der Waals surface area contributed by atoms with Crippen molar-refractivity contribution in [2.24, 2.45) is 0 Å². The second-order valence-corrected chi connectivity index (χ2v) is 5.34. The van der Waals surface area contributed by atoms with Gasteiger partial charge in [0.1, 0.15) is 0 Å². The maximum atomic E-state index is 11.8. The van der Waals surface area contributed by atoms with Gasteiger partial charge in [-0.2, -0.15) is 0 Å². The van der Waals surface area contributed by atoms with Crippen molar-refractivity contribution in [3.8, 4) is 0 Å². The summed E-state index contributed by atoms with van der Waals surface area (Å²) < 4.78 is 6.09. The molecule has 1 atom stereocenters. The van der Waals surface area contributed by atoms with Crippen LogP contribution in [0.2, 0.25) is 0 Å². The third kappa shape index (κ3) is 6.16. The van der Waals surface area contributed by atoms with Crippen LogP contribution >= 0.6 is 22.6 Å². The van der Waals surface area contributed by atoms with Gasteiger partial charge in [0.25, 0.3) is 0 Å². The van der Waals surface area contributed by atoms with E-state index in [0.29, 0.717) is 0 Å². The molecule has 1 aromatic rings. The lowest BCUT2D eigenvalue weighted by Crippen LogP contribution is -2.44. The molecule has 0 aliphatic rings. The first-order chi connectivity index (χ1) is 9.52. The summed E-state index contributed by atoms with van der Waals surface area (Å²) in [6.45, 7) is 3.63. The maximum absolute atomic E-state index is 11.8. The second-order valence-electron chi connectivity index (χ2n) is 4.09. The Morgan fingerprint density at radius 2 is 2.25 bits per heavy atom. The first-order valence-electron chi connectivity index (χ1n) is 5.98. The maximum Gasteiger partial charge on any atom is 0.328 e. The van der Waals surface area contributed by atoms with E-state index in [1.54, 1.807) is 0 Å². The first-order valence-corrected chi connectivity index (χ1v) is 7.06. The summed E-state index contributed by atoms with van der Waals surface area (Å²) in [5, 5.41) is 11.5. The van der Waals surface area contributed by atoms with Gasteiger partial charge in [-0.3, -0.25) is 4.79 Å². The number of nitrogens with one attached hydrogen (secondary N) is 1. The van der Waals surface area contributed by atoms with Crippen LogP contribution in [-0.4, -0.2) is 36.2 Å². The van der Waals surface area contributed by atoms with Crippen molar-refractivity contribution in [1.29, 1.82) is 0 Å². The second kappa shape index (κ2) is 8.70. The van der Waals surface area contributed by atoms with Gasteiger partial charge in [-0.15, -0.1) is 6.58 Å². The number of aliphatic carboxylic acids is 1. The summed E-state index contributed by atoms with van der Waals surface area (Å²) >= 11 is 2.16. The van der Waals surface area contributed by atoms with Gasteiger partial charge in [0, 0.05) is 3.57 Å². The van der Waals surface area contributed by atoms with Gasteiger partial charge >= 0.3 is 5.97 Å². The van der Waals surface area contributed by atoms with E-state index in [2.05, 4.69) is 34.5 Å². The number of ether oxygens (including phenoxy) is 1. The van der Waals surface area contributed by atoms with E-state index in [9.17, 15) is 9.59 Å². The lowest BCUT2D eigenvalue weighted by Gasteiger charge is -2.14. The van der Waals surface area contributed by atoms with Crippen LogP contribution in [0.25, 0.3) is 0 Å². The molecule has 1 aromatic carbocycles. The van der Waals surface area contributed by atoms with E-state index >= 15 is 0 Å². The topological polar surface area (TPSA) is 75.6 Å². The molecule has 0 saturated heterocycles. The Bertz CT molecular complexity index is 490. The number of amides is 1. The highest BCUT2D eigenvalue weighted by atomic mass is 127. The van der Waals surface area contributed by atoms with E-state index < -0.39 is 12.0 Å². The van der Waals surface area contributed by atoms with Crippen LogP contribution < -0.4 is 5.32 Å². The molecule has 20 heavy (non-hydrogen) atoms. The normalized spacial score (nSPS) is 11.7. The van der Waals surface area contributed by atoms with Crippen molar-refractivity contribution in [3.63, 3.8) is 0 Å². The van der Waals surface area contributed by atoms with E-state index in [4.69, 9.17) is 9.84 Å². The van der Waals surface area contributed by atoms with Crippen LogP contribution in [0.1, 0.15) is 5.56 Å². The number of carboxylic acid groups (broad SMARTS) is 1. The molecular weight excluding hydrogens is 373 g/mol. The number of hydrogen-bond donors (Lipinski definition) is 2. The Kier molecular flexibility index (Phi) is 7.24. The Hall–Kier alpha value is -1.41. The molecule has 0 bridgehead atoms. The minimum Gasteiger partial charge on any atom is -0.480 e. The number of benzene rings is 1. The molecule has 2 N–H and O–H groups in total. The molecule has 0 saturated carbocycles. The Morgan fingerprint density at radius 1 is 1.50 bits per heavy atom. The van der Waals surface area contributed by atoms with Crippen LogP contribution in [0.4, 0.5) is 0 Å². The summed E-state index contributed by atoms with van der Waals surface area (Å²) in [4.78, 5) is 22.8. The zero-order valence-electron chi connectivity index (χ0n) is 10.8. The molecule has 6 heteroatoms. The van der Waals surface area contributed by atoms with Crippen molar-refractivity contribution in [2.45, 2.75) is 12.5 Å². The predicted molar refractivity (Wildman–Crippen MR) is 83.4 cm³/mol. The average Bonchev–Trinajstić information content (AvgIpc) is 2.37. The number of rotatable bonds is 8. The highest BCUT2D eigenvalue weighted by Crippen LogP contribution is 2.08. The molecule has 108 valence electrons. The zero-order chi connectivity index (χ0) is 15.0. The van der Waals surface area contributed by atoms with Gasteiger partial charge in [0.2, 0.25) is 5.91 Å². The molecule has 0 fully saturated rings. The Labute approximate surface area is 131 Å². The summed E-state index contributed by atoms with van der Waals surface area (Å²) in [6, 6.07) is 6.43. The fourth-order valence-electron chi connectivity index (χ4n) is 1.52. The van der Waals surface area contributed by atoms with Crippen LogP contribution in [0, 0.1) is 3.57 Å². The molecule has 1 unspecified atom stereocenters. The van der Waals surface area contributed by atoms with Gasteiger partial charge < -0.3 is 15.2 Å². The molecule has 1 amide bonds. The number of halogens is 1. The van der Waals surface area contributed by atoms with Crippen LogP contribution in [-0.2, 0) is 20.7 Å². The smallest absolute Gasteiger partial charge is 0.328 e. The van der Waals surface area contributed by atoms with Gasteiger partial charge in [-0.25, -0.2) is 4.79 Å². The molecule has 0 aliphatic carbocycles. The summed E-state index contributed by atoms with van der Waals surface area (Å²) in [7, 11) is 0. The number of hydrogen-bond acceptors (Lipinski definition) is 3. The molecule has 0 aliphatic heterocycles. The molecule has 5 nitrogen and oxygen atoms in total. The zero-order valence-corrected chi connectivity index (χ0v) is 13.0. The van der Waals surface area contributed by atoms with E-state index in [0.717, 1.165) is 9.13 Å². The first kappa shape index (κ1) is 16.6. The van der Waals surface area contributed by atoms with Crippen molar-refractivity contribution < 1.29 is 19.4 Å². The quantitative estimate of drug-likeness (QED) is 0.403. The molecular formula is C14H16INO4. The number of carboxylic acids is 1. The minimum absolute atomic E-state index is 0.0839. The van der Waals surface area contributed by atoms with Crippen LogP contribution in [0.3, 0.4) is 0 Å². The van der Waals surface area contributed by atoms with Gasteiger partial charge in [0.15, 0.2) is 6.04 Å². The van der Waals surface area contributed by atoms with E-state index in [1.165, 1.54) is 6.08 Å². The lowest BCUT2D eigenvalue weighted by atomic mass is 10.1. The van der Waals surface area contributed by atoms with Crippen molar-refractivity contribution in [3.05, 3.63) is 46.1 Å². The SMILES string of the molecule is C=CCOCC(NC(=O)Cc1cccc(I)c1)C(=O)O. The van der Waals surface area contributed by atoms with Crippen LogP contribution in [0.5, 0.6) is 0 Å². The molecule has 0 aromatic heterocycles. The van der Waals surface area contributed by atoms with E-state index in [-0.39, 0.29) is 25.5 Å². The van der Waals surface area contributed by atoms with E-state index in [1.807, 2.05) is 24.3 Å². The predicted octanol–water partition coefficient (Wildman–Crippen LogP) is 1.61. The third-order valence-electron chi connectivity index (χ3n) is 2.41. The monoisotopic (exact) mass is 389 g/mol. The van der Waals surface area contributed by atoms with Gasteiger partial charge in [-0.1, -0.05) is 18.2 Å². The van der Waals surface area contributed by atoms with Gasteiger partial charge in [0.05, 0.1) is 19.6 Å². The molecule has 1 rings (SSSR count). The third-order valence-corrected chi connectivity index (χ3v) is 3.08. The highest BCUT2D eigenvalue weighted by molar-refractivity contribution is 14.1. The summed E-state index contributed by atoms with van der Waals surface area (Å²) in [5.41, 5.74) is 0.838. The molecule has 0 radical (unpaired) electrons. The standard InChI is InChI=1S/C14H16INO4/c1-2-6-20-9-12(14(18)19)16-13(17)8-10-4-3-5-11(15)7-10/h2-5,7,12H,1,6,8-9H2,(H,16,17)(H,18,19). The largest absolute Gasteiger partial charge is 0.480 e. The minimum atomic E-state index is -1.12. The van der Waals surface area contributed by atoms with Crippen molar-refractivity contribution in [1.82, 2.24) is 5.32 Å².